The summed E-state index contributed by atoms with van der Waals surface area (Å²) >= 11 is 3.22. The molecule has 2 rings (SSSR count). The van der Waals surface area contributed by atoms with Crippen molar-refractivity contribution in [1.82, 2.24) is 10.2 Å². The molecule has 1 aromatic carbocycles. The first-order valence-corrected chi connectivity index (χ1v) is 13.9. The first-order valence-electron chi connectivity index (χ1n) is 13.1. The molecule has 0 aromatic heterocycles. The number of nitrogens with one attached hydrogen (secondary N) is 1. The highest BCUT2D eigenvalue weighted by Gasteiger charge is 2.56. The van der Waals surface area contributed by atoms with Crippen molar-refractivity contribution in [3.05, 3.63) is 34.3 Å². The van der Waals surface area contributed by atoms with Crippen LogP contribution in [0.5, 0.6) is 0 Å². The minimum absolute atomic E-state index is 0.0789. The molecule has 0 spiro atoms. The van der Waals surface area contributed by atoms with Gasteiger partial charge in [-0.25, -0.2) is 9.18 Å². The van der Waals surface area contributed by atoms with Gasteiger partial charge in [0.05, 0.1) is 18.7 Å². The van der Waals surface area contributed by atoms with Gasteiger partial charge >= 0.3 is 12.3 Å². The van der Waals surface area contributed by atoms with Crippen LogP contribution in [0, 0.1) is 11.8 Å². The summed E-state index contributed by atoms with van der Waals surface area (Å²) in [7, 11) is 0. The Bertz CT molecular complexity index is 1080. The second-order valence-electron chi connectivity index (χ2n) is 12.0. The molecular weight excluding hydrogens is 596 g/mol. The van der Waals surface area contributed by atoms with Gasteiger partial charge in [-0.3, -0.25) is 10.2 Å². The zero-order valence-corrected chi connectivity index (χ0v) is 25.6. The Morgan fingerprint density at radius 3 is 2.30 bits per heavy atom. The highest BCUT2D eigenvalue weighted by molar-refractivity contribution is 9.10. The van der Waals surface area contributed by atoms with Crippen LogP contribution in [-0.2, 0) is 19.8 Å². The molecule has 0 bridgehead atoms. The van der Waals surface area contributed by atoms with Crippen LogP contribution in [0.1, 0.15) is 79.7 Å². The van der Waals surface area contributed by atoms with E-state index < -0.39 is 47.3 Å². The maximum atomic E-state index is 14.7. The van der Waals surface area contributed by atoms with Crippen molar-refractivity contribution in [2.75, 3.05) is 6.61 Å². The summed E-state index contributed by atoms with van der Waals surface area (Å²) in [6.07, 6.45) is -4.78. The van der Waals surface area contributed by atoms with Crippen LogP contribution in [-0.4, -0.2) is 59.1 Å². The Hall–Kier alpha value is -2.16. The van der Waals surface area contributed by atoms with E-state index >= 15 is 0 Å². The van der Waals surface area contributed by atoms with Gasteiger partial charge in [0.2, 0.25) is 5.54 Å². The van der Waals surface area contributed by atoms with Gasteiger partial charge in [0.25, 0.3) is 0 Å². The highest BCUT2D eigenvalue weighted by atomic mass is 79.9. The molecule has 224 valence electrons. The number of rotatable bonds is 9. The lowest BCUT2D eigenvalue weighted by atomic mass is 9.87. The van der Waals surface area contributed by atoms with Crippen molar-refractivity contribution in [2.24, 2.45) is 0 Å². The summed E-state index contributed by atoms with van der Waals surface area (Å²) in [4.78, 5) is 26.1. The number of alkyl halides is 4. The molecule has 0 unspecified atom stereocenters. The van der Waals surface area contributed by atoms with Gasteiger partial charge in [-0.1, -0.05) is 34.0 Å². The zero-order chi connectivity index (χ0) is 30.6. The molecule has 1 aliphatic rings. The molecule has 1 aliphatic heterocycles. The fourth-order valence-corrected chi connectivity index (χ4v) is 4.80. The monoisotopic (exact) mass is 634 g/mol. The molecule has 1 N–H and O–H groups in total. The lowest BCUT2D eigenvalue weighted by Gasteiger charge is -2.36. The number of hydrogen-bond acceptors (Lipinski definition) is 5. The van der Waals surface area contributed by atoms with Crippen molar-refractivity contribution < 1.29 is 36.6 Å². The van der Waals surface area contributed by atoms with E-state index in [-0.39, 0.29) is 30.9 Å². The van der Waals surface area contributed by atoms with Crippen LogP contribution >= 0.6 is 15.9 Å². The minimum atomic E-state index is -4.94. The van der Waals surface area contributed by atoms with E-state index in [9.17, 15) is 27.2 Å². The number of aldehydes is 1. The maximum Gasteiger partial charge on any atom is 0.422 e. The molecule has 0 aliphatic carbocycles. The Labute approximate surface area is 242 Å². The molecule has 1 aromatic rings. The van der Waals surface area contributed by atoms with Crippen LogP contribution < -0.4 is 5.32 Å². The lowest BCUT2D eigenvalue weighted by Crippen LogP contribution is -2.58. The van der Waals surface area contributed by atoms with E-state index in [2.05, 4.69) is 33.1 Å². The fraction of sp³-hybridized carbons (Fsp3) is 0.655. The van der Waals surface area contributed by atoms with E-state index in [0.717, 1.165) is 0 Å². The van der Waals surface area contributed by atoms with Crippen LogP contribution in [0.15, 0.2) is 28.7 Å². The van der Waals surface area contributed by atoms with Crippen molar-refractivity contribution in [3.63, 3.8) is 0 Å². The van der Waals surface area contributed by atoms with E-state index in [4.69, 9.17) is 9.47 Å². The van der Waals surface area contributed by atoms with E-state index in [1.165, 1.54) is 43.0 Å². The normalized spacial score (nSPS) is 19.8. The molecule has 1 saturated heterocycles. The van der Waals surface area contributed by atoms with Gasteiger partial charge < -0.3 is 14.3 Å². The van der Waals surface area contributed by atoms with Crippen LogP contribution in [0.4, 0.5) is 22.4 Å². The Balaban J connectivity index is 2.31. The summed E-state index contributed by atoms with van der Waals surface area (Å²) in [6, 6.07) is 3.63. The topological polar surface area (TPSA) is 67.9 Å². The standard InChI is InChI=1S/C29H39BrF4N2O4/c1-25(2,3)40-24(38)36-23(19-39-27(36,6)7)11-9-8-10-16-28(29(32,33)34,20-12-14-21(30)15-13-20)35-22(18-37)17-26(4,5)31/h12-15,18,22-23,35H,8-9,11,17,19H2,1-7H3/t22-,23-,28-/m0/s1. The fourth-order valence-electron chi connectivity index (χ4n) is 4.54. The minimum Gasteiger partial charge on any atom is -0.444 e. The predicted octanol–water partition coefficient (Wildman–Crippen LogP) is 7.05. The SMILES string of the molecule is CC(C)(F)C[C@@H](C=O)N[C@@](C#CCCC[C@H]1COC(C)(C)N1C(=O)OC(C)(C)C)(c1ccc(Br)cc1)C(F)(F)F. The molecule has 6 nitrogen and oxygen atoms in total. The van der Waals surface area contributed by atoms with Gasteiger partial charge in [-0.05, 0) is 79.0 Å². The summed E-state index contributed by atoms with van der Waals surface area (Å²) < 4.78 is 70.4. The summed E-state index contributed by atoms with van der Waals surface area (Å²) in [5, 5.41) is 2.32. The molecular formula is C29H39BrF4N2O4. The smallest absolute Gasteiger partial charge is 0.422 e. The molecule has 1 fully saturated rings. The van der Waals surface area contributed by atoms with Crippen molar-refractivity contribution >= 4 is 28.3 Å². The van der Waals surface area contributed by atoms with Gasteiger partial charge in [0.1, 0.15) is 23.3 Å². The van der Waals surface area contributed by atoms with Gasteiger partial charge in [0.15, 0.2) is 0 Å². The van der Waals surface area contributed by atoms with Gasteiger partial charge in [0, 0.05) is 17.3 Å². The second-order valence-corrected chi connectivity index (χ2v) is 12.9. The number of hydrogen-bond donors (Lipinski definition) is 1. The number of carbonyl (C=O) groups excluding carboxylic acids is 2. The Kier molecular flexibility index (Phi) is 10.9. The van der Waals surface area contributed by atoms with Gasteiger partial charge in [-0.2, -0.15) is 13.2 Å². The number of ether oxygens (including phenoxy) is 2. The van der Waals surface area contributed by atoms with E-state index in [1.54, 1.807) is 34.6 Å². The molecule has 11 heteroatoms. The second kappa shape index (κ2) is 12.8. The summed E-state index contributed by atoms with van der Waals surface area (Å²) in [5.41, 5.74) is -6.62. The highest BCUT2D eigenvalue weighted by Crippen LogP contribution is 2.40. The van der Waals surface area contributed by atoms with Crippen LogP contribution in [0.2, 0.25) is 0 Å². The largest absolute Gasteiger partial charge is 0.444 e. The van der Waals surface area contributed by atoms with Crippen LogP contribution in [0.3, 0.4) is 0 Å². The molecule has 40 heavy (non-hydrogen) atoms. The third kappa shape index (κ3) is 9.18. The molecule has 1 amide bonds. The quantitative estimate of drug-likeness (QED) is 0.136. The predicted molar refractivity (Wildman–Crippen MR) is 148 cm³/mol. The third-order valence-corrected chi connectivity index (χ3v) is 6.78. The van der Waals surface area contributed by atoms with Gasteiger partial charge in [-0.15, -0.1) is 5.92 Å². The molecule has 1 heterocycles. The molecule has 3 atom stereocenters. The summed E-state index contributed by atoms with van der Waals surface area (Å²) in [6.45, 7) is 11.4. The number of benzene rings is 1. The number of carbonyl (C=O) groups is 2. The first kappa shape index (κ1) is 34.0. The third-order valence-electron chi connectivity index (χ3n) is 6.25. The average molecular weight is 636 g/mol. The lowest BCUT2D eigenvalue weighted by molar-refractivity contribution is -0.184. The number of halogens is 5. The number of amides is 1. The van der Waals surface area contributed by atoms with Crippen LogP contribution in [0.25, 0.3) is 0 Å². The van der Waals surface area contributed by atoms with E-state index in [0.29, 0.717) is 17.3 Å². The zero-order valence-electron chi connectivity index (χ0n) is 24.0. The Morgan fingerprint density at radius 1 is 1.20 bits per heavy atom. The maximum absolute atomic E-state index is 14.7. The van der Waals surface area contributed by atoms with E-state index in [1.807, 2.05) is 0 Å². The molecule has 0 radical (unpaired) electrons. The van der Waals surface area contributed by atoms with Crippen molar-refractivity contribution in [1.29, 1.82) is 0 Å². The average Bonchev–Trinajstić information content (AvgIpc) is 3.09. The summed E-state index contributed by atoms with van der Waals surface area (Å²) in [5.74, 6) is 4.98. The van der Waals surface area contributed by atoms with Crippen molar-refractivity contribution in [3.8, 4) is 11.8 Å². The number of nitrogens with zero attached hydrogens (tertiary/aromatic N) is 1. The number of unbranched alkanes of at least 4 members (excludes halogenated alkanes) is 1. The van der Waals surface area contributed by atoms with Crippen molar-refractivity contribution in [2.45, 2.75) is 115 Å². The first-order chi connectivity index (χ1) is 18.2. The Morgan fingerprint density at radius 2 is 1.80 bits per heavy atom. The molecule has 0 saturated carbocycles.